The largest absolute Gasteiger partial charge is 0.207 e. The lowest BCUT2D eigenvalue weighted by molar-refractivity contribution is 0.304. The molecule has 0 amide bonds. The predicted molar refractivity (Wildman–Crippen MR) is 114 cm³/mol. The number of unbranched alkanes of at least 4 members (excludes halogenated alkanes) is 1. The first-order chi connectivity index (χ1) is 14.0. The average Bonchev–Trinajstić information content (AvgIpc) is 2.74. The fourth-order valence-electron chi connectivity index (χ4n) is 4.65. The first-order valence-electron chi connectivity index (χ1n) is 11.3. The van der Waals surface area contributed by atoms with E-state index in [0.29, 0.717) is 29.9 Å². The number of rotatable bonds is 8. The minimum absolute atomic E-state index is 0.103. The summed E-state index contributed by atoms with van der Waals surface area (Å²) in [7, 11) is 0. The molecular weight excluding hydrogens is 369 g/mol. The van der Waals surface area contributed by atoms with E-state index in [1.807, 2.05) is 25.1 Å². The summed E-state index contributed by atoms with van der Waals surface area (Å²) in [6.07, 6.45) is 8.94. The summed E-state index contributed by atoms with van der Waals surface area (Å²) in [5.41, 5.74) is 2.88. The molecule has 0 atom stereocenters. The molecule has 158 valence electrons. The molecule has 1 saturated carbocycles. The van der Waals surface area contributed by atoms with Crippen molar-refractivity contribution >= 4 is 0 Å². The Labute approximate surface area is 173 Å². The van der Waals surface area contributed by atoms with Gasteiger partial charge in [-0.3, -0.25) is 0 Å². The van der Waals surface area contributed by atoms with Crippen LogP contribution in [-0.4, -0.2) is 0 Å². The summed E-state index contributed by atoms with van der Waals surface area (Å²) in [6, 6.07) is 9.19. The number of aryl methyl sites for hydroxylation is 3. The van der Waals surface area contributed by atoms with Crippen molar-refractivity contribution in [1.29, 1.82) is 0 Å². The molecule has 1 fully saturated rings. The van der Waals surface area contributed by atoms with Crippen molar-refractivity contribution in [2.24, 2.45) is 5.92 Å². The molecule has 0 heterocycles. The van der Waals surface area contributed by atoms with Gasteiger partial charge in [0.1, 0.15) is 5.82 Å². The summed E-state index contributed by atoms with van der Waals surface area (Å²) in [5.74, 6) is -0.683. The molecule has 0 spiro atoms. The van der Waals surface area contributed by atoms with Crippen LogP contribution in [0.2, 0.25) is 0 Å². The molecule has 29 heavy (non-hydrogen) atoms. The maximum atomic E-state index is 14.6. The first kappa shape index (κ1) is 21.9. The van der Waals surface area contributed by atoms with Gasteiger partial charge < -0.3 is 0 Å². The Morgan fingerprint density at radius 1 is 0.828 bits per heavy atom. The minimum Gasteiger partial charge on any atom is -0.207 e. The van der Waals surface area contributed by atoms with Crippen LogP contribution in [0.4, 0.5) is 13.2 Å². The second-order valence-corrected chi connectivity index (χ2v) is 8.58. The van der Waals surface area contributed by atoms with Crippen LogP contribution in [0.3, 0.4) is 0 Å². The second-order valence-electron chi connectivity index (χ2n) is 8.58. The van der Waals surface area contributed by atoms with Crippen LogP contribution in [0.15, 0.2) is 30.3 Å². The molecule has 0 aliphatic heterocycles. The molecular formula is C26H33F3. The van der Waals surface area contributed by atoms with Gasteiger partial charge in [0.2, 0.25) is 0 Å². The predicted octanol–water partition coefficient (Wildman–Crippen LogP) is 7.92. The number of halogens is 3. The topological polar surface area (TPSA) is 0 Å². The van der Waals surface area contributed by atoms with Crippen molar-refractivity contribution in [3.63, 3.8) is 0 Å². The highest BCUT2D eigenvalue weighted by atomic mass is 19.2. The number of hydrogen-bond donors (Lipinski definition) is 0. The summed E-state index contributed by atoms with van der Waals surface area (Å²) in [6.45, 7) is 4.02. The van der Waals surface area contributed by atoms with Crippen LogP contribution in [0.1, 0.15) is 87.0 Å². The van der Waals surface area contributed by atoms with Crippen LogP contribution in [0, 0.1) is 23.4 Å². The average molecular weight is 403 g/mol. The quantitative estimate of drug-likeness (QED) is 0.421. The molecule has 2 aromatic rings. The molecule has 0 bridgehead atoms. The summed E-state index contributed by atoms with van der Waals surface area (Å²) >= 11 is 0. The molecule has 0 N–H and O–H groups in total. The van der Waals surface area contributed by atoms with Crippen LogP contribution in [-0.2, 0) is 19.3 Å². The monoisotopic (exact) mass is 402 g/mol. The van der Waals surface area contributed by atoms with Crippen molar-refractivity contribution in [3.05, 3.63) is 70.0 Å². The van der Waals surface area contributed by atoms with Crippen LogP contribution in [0.5, 0.6) is 0 Å². The van der Waals surface area contributed by atoms with Gasteiger partial charge in [-0.25, -0.2) is 13.2 Å². The molecule has 0 unspecified atom stereocenters. The van der Waals surface area contributed by atoms with E-state index < -0.39 is 11.6 Å². The van der Waals surface area contributed by atoms with Crippen molar-refractivity contribution in [2.45, 2.75) is 84.0 Å². The summed E-state index contributed by atoms with van der Waals surface area (Å²) < 4.78 is 43.0. The van der Waals surface area contributed by atoms with E-state index in [0.717, 1.165) is 62.5 Å². The van der Waals surface area contributed by atoms with E-state index in [2.05, 4.69) is 6.92 Å². The zero-order chi connectivity index (χ0) is 20.8. The van der Waals surface area contributed by atoms with E-state index in [1.54, 1.807) is 12.1 Å². The van der Waals surface area contributed by atoms with Gasteiger partial charge in [-0.2, -0.15) is 0 Å². The fourth-order valence-corrected chi connectivity index (χ4v) is 4.65. The Balaban J connectivity index is 1.54. The second kappa shape index (κ2) is 10.3. The molecule has 3 heteroatoms. The third-order valence-corrected chi connectivity index (χ3v) is 6.62. The van der Waals surface area contributed by atoms with E-state index in [-0.39, 0.29) is 11.7 Å². The van der Waals surface area contributed by atoms with Crippen molar-refractivity contribution in [3.8, 4) is 0 Å². The van der Waals surface area contributed by atoms with Gasteiger partial charge in [0.15, 0.2) is 11.6 Å². The Morgan fingerprint density at radius 2 is 1.55 bits per heavy atom. The minimum atomic E-state index is -0.643. The highest BCUT2D eigenvalue weighted by molar-refractivity contribution is 5.29. The van der Waals surface area contributed by atoms with Gasteiger partial charge >= 0.3 is 0 Å². The third-order valence-electron chi connectivity index (χ3n) is 6.62. The number of hydrogen-bond acceptors (Lipinski definition) is 0. The maximum absolute atomic E-state index is 14.6. The van der Waals surface area contributed by atoms with E-state index in [4.69, 9.17) is 0 Å². The third kappa shape index (κ3) is 5.43. The Kier molecular flexibility index (Phi) is 7.80. The molecule has 0 aromatic heterocycles. The molecule has 0 radical (unpaired) electrons. The van der Waals surface area contributed by atoms with Gasteiger partial charge in [-0.1, -0.05) is 44.5 Å². The fraction of sp³-hybridized carbons (Fsp3) is 0.538. The van der Waals surface area contributed by atoms with Crippen LogP contribution < -0.4 is 0 Å². The smallest absolute Gasteiger partial charge is 0.162 e. The molecule has 1 aliphatic carbocycles. The zero-order valence-electron chi connectivity index (χ0n) is 17.7. The van der Waals surface area contributed by atoms with Gasteiger partial charge in [0, 0.05) is 0 Å². The molecule has 0 nitrogen and oxygen atoms in total. The Bertz CT molecular complexity index is 804. The van der Waals surface area contributed by atoms with Crippen molar-refractivity contribution in [2.75, 3.05) is 0 Å². The lowest BCUT2D eigenvalue weighted by Crippen LogP contribution is -2.16. The highest BCUT2D eigenvalue weighted by Gasteiger charge is 2.26. The lowest BCUT2D eigenvalue weighted by Gasteiger charge is -2.29. The van der Waals surface area contributed by atoms with E-state index in [1.165, 1.54) is 0 Å². The first-order valence-corrected chi connectivity index (χ1v) is 11.3. The SMILES string of the molecule is CCCCc1ccc(C2CCC(CCc3ccc(CC)c(F)c3)CC2)c(F)c1F. The molecule has 1 aliphatic rings. The maximum Gasteiger partial charge on any atom is 0.162 e. The highest BCUT2D eigenvalue weighted by Crippen LogP contribution is 2.39. The normalized spacial score (nSPS) is 19.5. The number of benzene rings is 2. The Hall–Kier alpha value is -1.77. The Morgan fingerprint density at radius 3 is 2.21 bits per heavy atom. The van der Waals surface area contributed by atoms with Crippen LogP contribution >= 0.6 is 0 Å². The van der Waals surface area contributed by atoms with E-state index in [9.17, 15) is 13.2 Å². The standard InChI is InChI=1S/C26H33F3/c1-3-5-6-22-15-16-23(26(29)25(22)28)21-13-9-18(10-14-21)7-8-19-11-12-20(4-2)24(27)17-19/h11-12,15-18,21H,3-10,13-14H2,1-2H3. The summed E-state index contributed by atoms with van der Waals surface area (Å²) in [5, 5.41) is 0. The van der Waals surface area contributed by atoms with Gasteiger partial charge in [-0.05, 0) is 97.9 Å². The van der Waals surface area contributed by atoms with Gasteiger partial charge in [-0.15, -0.1) is 0 Å². The van der Waals surface area contributed by atoms with Crippen molar-refractivity contribution in [1.82, 2.24) is 0 Å². The van der Waals surface area contributed by atoms with Gasteiger partial charge in [0.25, 0.3) is 0 Å². The van der Waals surface area contributed by atoms with E-state index >= 15 is 0 Å². The lowest BCUT2D eigenvalue weighted by atomic mass is 9.76. The van der Waals surface area contributed by atoms with Crippen molar-refractivity contribution < 1.29 is 13.2 Å². The van der Waals surface area contributed by atoms with Gasteiger partial charge in [0.05, 0.1) is 0 Å². The zero-order valence-corrected chi connectivity index (χ0v) is 17.7. The summed E-state index contributed by atoms with van der Waals surface area (Å²) in [4.78, 5) is 0. The molecule has 3 rings (SSSR count). The molecule has 2 aromatic carbocycles. The molecule has 0 saturated heterocycles. The van der Waals surface area contributed by atoms with Crippen LogP contribution in [0.25, 0.3) is 0 Å².